The molecular formula is C12H15ClO2. The SMILES string of the molecule is CCC(C)C(=O)COc1cccc(Cl)c1. The van der Waals surface area contributed by atoms with Crippen molar-refractivity contribution in [1.29, 1.82) is 0 Å². The lowest BCUT2D eigenvalue weighted by Crippen LogP contribution is -2.18. The molecule has 1 atom stereocenters. The third kappa shape index (κ3) is 3.92. The van der Waals surface area contributed by atoms with Crippen LogP contribution in [0.25, 0.3) is 0 Å². The van der Waals surface area contributed by atoms with Crippen LogP contribution in [0.15, 0.2) is 24.3 Å². The Morgan fingerprint density at radius 2 is 2.27 bits per heavy atom. The van der Waals surface area contributed by atoms with Gasteiger partial charge in [-0.2, -0.15) is 0 Å². The highest BCUT2D eigenvalue weighted by molar-refractivity contribution is 6.30. The molecule has 0 amide bonds. The Labute approximate surface area is 95.2 Å². The van der Waals surface area contributed by atoms with Crippen molar-refractivity contribution >= 4 is 17.4 Å². The number of ether oxygens (including phenoxy) is 1. The summed E-state index contributed by atoms with van der Waals surface area (Å²) >= 11 is 5.79. The van der Waals surface area contributed by atoms with E-state index in [4.69, 9.17) is 16.3 Å². The van der Waals surface area contributed by atoms with Gasteiger partial charge in [-0.25, -0.2) is 0 Å². The van der Waals surface area contributed by atoms with E-state index in [-0.39, 0.29) is 18.3 Å². The minimum atomic E-state index is 0.0594. The Hall–Kier alpha value is -1.02. The zero-order valence-corrected chi connectivity index (χ0v) is 9.75. The van der Waals surface area contributed by atoms with Gasteiger partial charge in [-0.3, -0.25) is 4.79 Å². The van der Waals surface area contributed by atoms with E-state index >= 15 is 0 Å². The fraction of sp³-hybridized carbons (Fsp3) is 0.417. The molecule has 1 rings (SSSR count). The zero-order valence-electron chi connectivity index (χ0n) is 9.00. The minimum absolute atomic E-state index is 0.0594. The van der Waals surface area contributed by atoms with Crippen molar-refractivity contribution in [1.82, 2.24) is 0 Å². The summed E-state index contributed by atoms with van der Waals surface area (Å²) in [5.74, 6) is 0.820. The van der Waals surface area contributed by atoms with E-state index in [1.807, 2.05) is 13.8 Å². The number of carbonyl (C=O) groups is 1. The van der Waals surface area contributed by atoms with E-state index in [0.29, 0.717) is 10.8 Å². The molecule has 0 N–H and O–H groups in total. The Bertz CT molecular complexity index is 336. The van der Waals surface area contributed by atoms with E-state index in [1.165, 1.54) is 0 Å². The predicted molar refractivity (Wildman–Crippen MR) is 61.4 cm³/mol. The lowest BCUT2D eigenvalue weighted by Gasteiger charge is -2.09. The van der Waals surface area contributed by atoms with Gasteiger partial charge in [-0.05, 0) is 24.6 Å². The van der Waals surface area contributed by atoms with Gasteiger partial charge in [-0.15, -0.1) is 0 Å². The van der Waals surface area contributed by atoms with Crippen LogP contribution in [-0.2, 0) is 4.79 Å². The van der Waals surface area contributed by atoms with Crippen LogP contribution in [0.3, 0.4) is 0 Å². The van der Waals surface area contributed by atoms with Gasteiger partial charge < -0.3 is 4.74 Å². The third-order valence-electron chi connectivity index (χ3n) is 2.34. The van der Waals surface area contributed by atoms with Gasteiger partial charge in [0.15, 0.2) is 5.78 Å². The number of halogens is 1. The van der Waals surface area contributed by atoms with Crippen LogP contribution in [-0.4, -0.2) is 12.4 Å². The fourth-order valence-corrected chi connectivity index (χ4v) is 1.26. The fourth-order valence-electron chi connectivity index (χ4n) is 1.08. The van der Waals surface area contributed by atoms with Crippen LogP contribution in [0.5, 0.6) is 5.75 Å². The van der Waals surface area contributed by atoms with Crippen molar-refractivity contribution in [3.63, 3.8) is 0 Å². The van der Waals surface area contributed by atoms with E-state index in [2.05, 4.69) is 0 Å². The van der Waals surface area contributed by atoms with E-state index in [0.717, 1.165) is 6.42 Å². The summed E-state index contributed by atoms with van der Waals surface area (Å²) in [7, 11) is 0. The minimum Gasteiger partial charge on any atom is -0.486 e. The summed E-state index contributed by atoms with van der Waals surface area (Å²) in [5, 5.41) is 0.614. The van der Waals surface area contributed by atoms with Gasteiger partial charge in [0.2, 0.25) is 0 Å². The van der Waals surface area contributed by atoms with Crippen molar-refractivity contribution in [3.05, 3.63) is 29.3 Å². The molecular weight excluding hydrogens is 212 g/mol. The molecule has 0 radical (unpaired) electrons. The molecule has 0 aromatic heterocycles. The summed E-state index contributed by atoms with van der Waals surface area (Å²) in [6.45, 7) is 4.01. The van der Waals surface area contributed by atoms with Crippen molar-refractivity contribution in [2.45, 2.75) is 20.3 Å². The van der Waals surface area contributed by atoms with Crippen LogP contribution in [0.1, 0.15) is 20.3 Å². The number of hydrogen-bond donors (Lipinski definition) is 0. The summed E-state index contributed by atoms with van der Waals surface area (Å²) < 4.78 is 5.34. The first kappa shape index (κ1) is 12.1. The van der Waals surface area contributed by atoms with Crippen molar-refractivity contribution < 1.29 is 9.53 Å². The zero-order chi connectivity index (χ0) is 11.3. The first-order chi connectivity index (χ1) is 7.13. The van der Waals surface area contributed by atoms with Gasteiger partial charge in [0.1, 0.15) is 12.4 Å². The highest BCUT2D eigenvalue weighted by Crippen LogP contribution is 2.17. The van der Waals surface area contributed by atoms with Crippen molar-refractivity contribution in [3.8, 4) is 5.75 Å². The molecule has 0 saturated heterocycles. The molecule has 0 spiro atoms. The maximum Gasteiger partial charge on any atom is 0.172 e. The molecule has 15 heavy (non-hydrogen) atoms. The summed E-state index contributed by atoms with van der Waals surface area (Å²) in [6.07, 6.45) is 0.845. The van der Waals surface area contributed by atoms with Gasteiger partial charge in [0, 0.05) is 10.9 Å². The number of carbonyl (C=O) groups excluding carboxylic acids is 1. The van der Waals surface area contributed by atoms with Gasteiger partial charge in [0.05, 0.1) is 0 Å². The monoisotopic (exact) mass is 226 g/mol. The molecule has 1 aromatic rings. The molecule has 0 heterocycles. The highest BCUT2D eigenvalue weighted by Gasteiger charge is 2.10. The lowest BCUT2D eigenvalue weighted by molar-refractivity contribution is -0.124. The van der Waals surface area contributed by atoms with E-state index in [1.54, 1.807) is 24.3 Å². The largest absolute Gasteiger partial charge is 0.486 e. The molecule has 0 fully saturated rings. The topological polar surface area (TPSA) is 26.3 Å². The smallest absolute Gasteiger partial charge is 0.172 e. The maximum absolute atomic E-state index is 11.5. The molecule has 1 unspecified atom stereocenters. The second-order valence-electron chi connectivity index (χ2n) is 3.52. The molecule has 0 aliphatic heterocycles. The molecule has 0 saturated carbocycles. The second kappa shape index (κ2) is 5.76. The normalized spacial score (nSPS) is 12.2. The van der Waals surface area contributed by atoms with Crippen LogP contribution < -0.4 is 4.74 Å². The Morgan fingerprint density at radius 3 is 2.87 bits per heavy atom. The summed E-state index contributed by atoms with van der Waals surface area (Å²) in [6, 6.07) is 7.05. The Balaban J connectivity index is 2.47. The molecule has 2 nitrogen and oxygen atoms in total. The average Bonchev–Trinajstić information content (AvgIpc) is 2.25. The molecule has 0 aliphatic rings. The quantitative estimate of drug-likeness (QED) is 0.770. The van der Waals surface area contributed by atoms with Crippen molar-refractivity contribution in [2.24, 2.45) is 5.92 Å². The van der Waals surface area contributed by atoms with Crippen molar-refractivity contribution in [2.75, 3.05) is 6.61 Å². The van der Waals surface area contributed by atoms with Gasteiger partial charge in [-0.1, -0.05) is 31.5 Å². The highest BCUT2D eigenvalue weighted by atomic mass is 35.5. The van der Waals surface area contributed by atoms with E-state index < -0.39 is 0 Å². The number of rotatable bonds is 5. The number of benzene rings is 1. The Morgan fingerprint density at radius 1 is 1.53 bits per heavy atom. The summed E-state index contributed by atoms with van der Waals surface area (Å²) in [5.41, 5.74) is 0. The predicted octanol–water partition coefficient (Wildman–Crippen LogP) is 3.33. The molecule has 3 heteroatoms. The number of hydrogen-bond acceptors (Lipinski definition) is 2. The lowest BCUT2D eigenvalue weighted by atomic mass is 10.1. The van der Waals surface area contributed by atoms with E-state index in [9.17, 15) is 4.79 Å². The standard InChI is InChI=1S/C12H15ClO2/c1-3-9(2)12(14)8-15-11-6-4-5-10(13)7-11/h4-7,9H,3,8H2,1-2H3. The first-order valence-electron chi connectivity index (χ1n) is 5.04. The van der Waals surface area contributed by atoms with Crippen LogP contribution >= 0.6 is 11.6 Å². The Kier molecular flexibility index (Phi) is 4.63. The summed E-state index contributed by atoms with van der Waals surface area (Å²) in [4.78, 5) is 11.5. The maximum atomic E-state index is 11.5. The van der Waals surface area contributed by atoms with Crippen LogP contribution in [0.2, 0.25) is 5.02 Å². The molecule has 82 valence electrons. The third-order valence-corrected chi connectivity index (χ3v) is 2.57. The molecule has 0 aliphatic carbocycles. The molecule has 0 bridgehead atoms. The average molecular weight is 227 g/mol. The number of ketones is 1. The van der Waals surface area contributed by atoms with Gasteiger partial charge >= 0.3 is 0 Å². The first-order valence-corrected chi connectivity index (χ1v) is 5.42. The number of Topliss-reactive ketones (excluding diaryl/α,β-unsaturated/α-hetero) is 1. The molecule has 1 aromatic carbocycles. The van der Waals surface area contributed by atoms with Crippen LogP contribution in [0.4, 0.5) is 0 Å². The second-order valence-corrected chi connectivity index (χ2v) is 3.96. The van der Waals surface area contributed by atoms with Crippen LogP contribution in [0, 0.1) is 5.92 Å². The van der Waals surface area contributed by atoms with Gasteiger partial charge in [0.25, 0.3) is 0 Å².